The Labute approximate surface area is 144 Å². The van der Waals surface area contributed by atoms with Gasteiger partial charge in [0.2, 0.25) is 0 Å². The summed E-state index contributed by atoms with van der Waals surface area (Å²) in [6.07, 6.45) is 20.6. The van der Waals surface area contributed by atoms with Gasteiger partial charge in [-0.15, -0.1) is 0 Å². The van der Waals surface area contributed by atoms with Gasteiger partial charge in [0.1, 0.15) is 11.5 Å². The Morgan fingerprint density at radius 3 is 1.52 bits per heavy atom. The maximum atomic E-state index is 10.1. The van der Waals surface area contributed by atoms with Crippen molar-refractivity contribution in [3.63, 3.8) is 0 Å². The number of aliphatic imine (C=N–C) groups is 4. The van der Waals surface area contributed by atoms with Crippen molar-refractivity contribution in [2.75, 3.05) is 0 Å². The molecule has 5 nitrogen and oxygen atoms in total. The van der Waals surface area contributed by atoms with Crippen LogP contribution in [0.15, 0.2) is 115 Å². The van der Waals surface area contributed by atoms with Crippen LogP contribution in [0.2, 0.25) is 0 Å². The van der Waals surface area contributed by atoms with Crippen LogP contribution in [0.25, 0.3) is 0 Å². The van der Waals surface area contributed by atoms with Gasteiger partial charge in [-0.3, -0.25) is 0 Å². The highest BCUT2D eigenvalue weighted by atomic mass is 16.3. The molecule has 0 unspecified atom stereocenters. The van der Waals surface area contributed by atoms with E-state index in [0.29, 0.717) is 11.4 Å². The molecule has 5 rings (SSSR count). The summed E-state index contributed by atoms with van der Waals surface area (Å²) >= 11 is 0. The number of allylic oxidation sites excluding steroid dienone is 11. The van der Waals surface area contributed by atoms with Crippen LogP contribution in [0.4, 0.5) is 0 Å². The predicted molar refractivity (Wildman–Crippen MR) is 100 cm³/mol. The maximum absolute atomic E-state index is 10.1. The molecule has 0 amide bonds. The van der Waals surface area contributed by atoms with Gasteiger partial charge in [0.25, 0.3) is 0 Å². The Hall–Kier alpha value is -3.60. The van der Waals surface area contributed by atoms with Gasteiger partial charge in [-0.2, -0.15) is 0 Å². The average molecular weight is 324 g/mol. The molecule has 1 N–H and O–H groups in total. The molecule has 0 spiro atoms. The average Bonchev–Trinajstić information content (AvgIpc) is 3.33. The van der Waals surface area contributed by atoms with E-state index in [1.165, 1.54) is 0 Å². The largest absolute Gasteiger partial charge is 0.506 e. The Balaban J connectivity index is 1.66. The minimum absolute atomic E-state index is 0.129. The Bertz CT molecular complexity index is 1080. The third-order valence-electron chi connectivity index (χ3n) is 4.02. The van der Waals surface area contributed by atoms with Crippen LogP contribution in [0.5, 0.6) is 0 Å². The Morgan fingerprint density at radius 1 is 0.480 bits per heavy atom. The number of aliphatic hydroxyl groups is 1. The van der Waals surface area contributed by atoms with Gasteiger partial charge in [0, 0.05) is 6.08 Å². The molecular weight excluding hydrogens is 312 g/mol. The van der Waals surface area contributed by atoms with Gasteiger partial charge in [-0.05, 0) is 60.8 Å². The monoisotopic (exact) mass is 324 g/mol. The van der Waals surface area contributed by atoms with Gasteiger partial charge < -0.3 is 5.11 Å². The molecule has 118 valence electrons. The first kappa shape index (κ1) is 13.8. The lowest BCUT2D eigenvalue weighted by Gasteiger charge is -1.94. The van der Waals surface area contributed by atoms with Crippen LogP contribution >= 0.6 is 0 Å². The quantitative estimate of drug-likeness (QED) is 0.728. The maximum Gasteiger partial charge on any atom is 0.143 e. The zero-order chi connectivity index (χ0) is 16.8. The number of nitrogens with zero attached hydrogens (tertiary/aromatic N) is 4. The zero-order valence-electron chi connectivity index (χ0n) is 13.1. The summed E-state index contributed by atoms with van der Waals surface area (Å²) in [6, 6.07) is 0. The fourth-order valence-corrected chi connectivity index (χ4v) is 2.88. The molecule has 0 aliphatic carbocycles. The first-order valence-electron chi connectivity index (χ1n) is 7.88. The number of rotatable bonds is 0. The molecule has 5 heterocycles. The van der Waals surface area contributed by atoms with E-state index >= 15 is 0 Å². The summed E-state index contributed by atoms with van der Waals surface area (Å²) in [4.78, 5) is 18.1. The van der Waals surface area contributed by atoms with Crippen molar-refractivity contribution in [3.05, 3.63) is 95.4 Å². The number of hydrogen-bond acceptors (Lipinski definition) is 5. The van der Waals surface area contributed by atoms with Gasteiger partial charge in [0.05, 0.1) is 39.9 Å². The molecule has 25 heavy (non-hydrogen) atoms. The molecule has 5 aliphatic rings. The molecule has 0 aromatic rings. The van der Waals surface area contributed by atoms with E-state index in [1.807, 2.05) is 54.7 Å². The fraction of sp³-hybridized carbons (Fsp3) is 0. The summed E-state index contributed by atoms with van der Waals surface area (Å²) in [5.41, 5.74) is 6.03. The highest BCUT2D eigenvalue weighted by Crippen LogP contribution is 2.22. The second-order valence-corrected chi connectivity index (χ2v) is 5.91. The van der Waals surface area contributed by atoms with Crippen LogP contribution in [-0.2, 0) is 0 Å². The molecular formula is C20H12N4O. The number of fused-ring (bicyclic) bond motifs is 4. The van der Waals surface area contributed by atoms with Crippen molar-refractivity contribution >= 4 is 22.8 Å². The zero-order valence-corrected chi connectivity index (χ0v) is 13.1. The summed E-state index contributed by atoms with van der Waals surface area (Å²) in [6.45, 7) is 0. The third-order valence-corrected chi connectivity index (χ3v) is 4.02. The summed E-state index contributed by atoms with van der Waals surface area (Å²) in [7, 11) is 0. The van der Waals surface area contributed by atoms with Crippen molar-refractivity contribution < 1.29 is 5.11 Å². The van der Waals surface area contributed by atoms with Crippen LogP contribution in [0.1, 0.15) is 0 Å². The highest BCUT2D eigenvalue weighted by Gasteiger charge is 2.15. The Kier molecular flexibility index (Phi) is 2.87. The summed E-state index contributed by atoms with van der Waals surface area (Å²) < 4.78 is 0. The molecule has 5 aliphatic heterocycles. The fourth-order valence-electron chi connectivity index (χ4n) is 2.88. The van der Waals surface area contributed by atoms with Gasteiger partial charge in [-0.1, -0.05) is 0 Å². The molecule has 0 radical (unpaired) electrons. The van der Waals surface area contributed by atoms with Gasteiger partial charge in [0.15, 0.2) is 0 Å². The lowest BCUT2D eigenvalue weighted by Crippen LogP contribution is -1.94. The van der Waals surface area contributed by atoms with Crippen LogP contribution in [-0.4, -0.2) is 28.0 Å². The molecule has 0 saturated heterocycles. The molecule has 8 bridgehead atoms. The van der Waals surface area contributed by atoms with Crippen LogP contribution < -0.4 is 0 Å². The standard InChI is InChI=1S/C20H12N4O/c25-20-11-18-9-16-4-3-14(22-16)7-12-1-2-13(21-12)8-15-5-6-17(23-15)10-19(20)24-18/h1-11,25H. The van der Waals surface area contributed by atoms with E-state index in [9.17, 15) is 5.11 Å². The van der Waals surface area contributed by atoms with Crippen molar-refractivity contribution in [1.29, 1.82) is 0 Å². The SMILES string of the molecule is OC1=CC2=CC3=NC(=CC4=NC(=CC5=NC(=CC1=N2)C=C5)C=C4)C=C3. The second-order valence-electron chi connectivity index (χ2n) is 5.91. The summed E-state index contributed by atoms with van der Waals surface area (Å²) in [5, 5.41) is 10.1. The summed E-state index contributed by atoms with van der Waals surface area (Å²) in [5.74, 6) is 0.129. The smallest absolute Gasteiger partial charge is 0.143 e. The molecule has 0 aromatic heterocycles. The topological polar surface area (TPSA) is 69.7 Å². The molecule has 5 heteroatoms. The third kappa shape index (κ3) is 2.61. The molecule has 0 fully saturated rings. The van der Waals surface area contributed by atoms with E-state index < -0.39 is 0 Å². The second kappa shape index (κ2) is 5.21. The normalized spacial score (nSPS) is 22.6. The van der Waals surface area contributed by atoms with E-state index in [1.54, 1.807) is 12.2 Å². The van der Waals surface area contributed by atoms with E-state index in [2.05, 4.69) is 20.0 Å². The van der Waals surface area contributed by atoms with Gasteiger partial charge in [-0.25, -0.2) is 20.0 Å². The molecule has 0 saturated carbocycles. The number of aliphatic hydroxyl groups excluding tert-OH is 1. The van der Waals surface area contributed by atoms with E-state index in [4.69, 9.17) is 0 Å². The van der Waals surface area contributed by atoms with Crippen LogP contribution in [0.3, 0.4) is 0 Å². The first-order chi connectivity index (χ1) is 12.2. The highest BCUT2D eigenvalue weighted by molar-refractivity contribution is 6.15. The minimum Gasteiger partial charge on any atom is -0.506 e. The van der Waals surface area contributed by atoms with Gasteiger partial charge >= 0.3 is 0 Å². The lowest BCUT2D eigenvalue weighted by atomic mass is 10.2. The lowest BCUT2D eigenvalue weighted by molar-refractivity contribution is 0.446. The predicted octanol–water partition coefficient (Wildman–Crippen LogP) is 3.46. The van der Waals surface area contributed by atoms with Crippen LogP contribution in [0, 0.1) is 0 Å². The van der Waals surface area contributed by atoms with Crippen molar-refractivity contribution in [3.8, 4) is 0 Å². The van der Waals surface area contributed by atoms with E-state index in [0.717, 1.165) is 34.2 Å². The first-order valence-corrected chi connectivity index (χ1v) is 7.88. The van der Waals surface area contributed by atoms with E-state index in [-0.39, 0.29) is 5.76 Å². The van der Waals surface area contributed by atoms with Crippen molar-refractivity contribution in [2.24, 2.45) is 20.0 Å². The molecule has 0 aromatic carbocycles. The Morgan fingerprint density at radius 2 is 0.960 bits per heavy atom. The van der Waals surface area contributed by atoms with Crippen molar-refractivity contribution in [1.82, 2.24) is 0 Å². The minimum atomic E-state index is 0.129. The van der Waals surface area contributed by atoms with Crippen molar-refractivity contribution in [2.45, 2.75) is 0 Å². The number of hydrogen-bond donors (Lipinski definition) is 1. The molecule has 0 atom stereocenters.